The second-order valence-corrected chi connectivity index (χ2v) is 3.36. The zero-order valence-corrected chi connectivity index (χ0v) is 9.84. The van der Waals surface area contributed by atoms with Gasteiger partial charge in [-0.1, -0.05) is 6.07 Å². The summed E-state index contributed by atoms with van der Waals surface area (Å²) in [6.07, 6.45) is 3.37. The topological polar surface area (TPSA) is 59.9 Å². The van der Waals surface area contributed by atoms with E-state index in [0.29, 0.717) is 17.4 Å². The van der Waals surface area contributed by atoms with Gasteiger partial charge in [-0.25, -0.2) is 9.97 Å². The van der Waals surface area contributed by atoms with E-state index in [1.54, 1.807) is 19.5 Å². The molecule has 2 heterocycles. The maximum atomic E-state index is 5.18. The minimum Gasteiger partial charge on any atom is -0.491 e. The molecule has 2 aromatic heterocycles. The van der Waals surface area contributed by atoms with Crippen LogP contribution in [0.2, 0.25) is 0 Å². The molecule has 0 aliphatic rings. The van der Waals surface area contributed by atoms with E-state index in [0.717, 1.165) is 12.2 Å². The fourth-order valence-corrected chi connectivity index (χ4v) is 1.43. The highest BCUT2D eigenvalue weighted by atomic mass is 16.5. The maximum absolute atomic E-state index is 5.18. The number of ether oxygens (including phenoxy) is 1. The lowest BCUT2D eigenvalue weighted by atomic mass is 10.3. The molecule has 0 amide bonds. The summed E-state index contributed by atoms with van der Waals surface area (Å²) in [5.74, 6) is 1.90. The lowest BCUT2D eigenvalue weighted by Gasteiger charge is -2.09. The number of anilines is 1. The van der Waals surface area contributed by atoms with Crippen LogP contribution in [0, 0.1) is 0 Å². The van der Waals surface area contributed by atoms with E-state index in [4.69, 9.17) is 4.74 Å². The monoisotopic (exact) mass is 230 g/mol. The van der Waals surface area contributed by atoms with Crippen LogP contribution in [0.5, 0.6) is 5.75 Å². The van der Waals surface area contributed by atoms with E-state index >= 15 is 0 Å². The molecule has 5 heteroatoms. The zero-order valence-electron chi connectivity index (χ0n) is 9.84. The van der Waals surface area contributed by atoms with Crippen molar-refractivity contribution in [2.45, 2.75) is 6.92 Å². The Kier molecular flexibility index (Phi) is 3.49. The van der Waals surface area contributed by atoms with Gasteiger partial charge in [-0.05, 0) is 19.1 Å². The number of hydrogen-bond donors (Lipinski definition) is 1. The first-order valence-electron chi connectivity index (χ1n) is 5.41. The summed E-state index contributed by atoms with van der Waals surface area (Å²) in [6.45, 7) is 2.77. The van der Waals surface area contributed by atoms with Gasteiger partial charge in [0.1, 0.15) is 5.69 Å². The van der Waals surface area contributed by atoms with Gasteiger partial charge < -0.3 is 10.1 Å². The molecule has 17 heavy (non-hydrogen) atoms. The van der Waals surface area contributed by atoms with Crippen molar-refractivity contribution in [1.29, 1.82) is 0 Å². The highest BCUT2D eigenvalue weighted by molar-refractivity contribution is 5.56. The summed E-state index contributed by atoms with van der Waals surface area (Å²) in [6, 6.07) is 5.64. The van der Waals surface area contributed by atoms with Crippen molar-refractivity contribution in [2.24, 2.45) is 0 Å². The Labute approximate surface area is 99.9 Å². The molecule has 2 rings (SSSR count). The molecule has 0 fully saturated rings. The second-order valence-electron chi connectivity index (χ2n) is 3.36. The highest BCUT2D eigenvalue weighted by Gasteiger charge is 2.08. The molecule has 0 saturated carbocycles. The van der Waals surface area contributed by atoms with Crippen LogP contribution < -0.4 is 10.1 Å². The molecule has 0 aromatic carbocycles. The first-order chi connectivity index (χ1) is 8.35. The minimum absolute atomic E-state index is 0.586. The number of nitrogens with one attached hydrogen (secondary N) is 1. The van der Waals surface area contributed by atoms with Gasteiger partial charge in [0.2, 0.25) is 0 Å². The van der Waals surface area contributed by atoms with Gasteiger partial charge >= 0.3 is 0 Å². The number of pyridine rings is 1. The Morgan fingerprint density at radius 2 is 2.18 bits per heavy atom. The predicted molar refractivity (Wildman–Crippen MR) is 66.0 cm³/mol. The van der Waals surface area contributed by atoms with Gasteiger partial charge in [0.05, 0.1) is 13.3 Å². The smallest absolute Gasteiger partial charge is 0.180 e. The SMILES string of the molecule is CCNc1nc(-c2ccccn2)ncc1OC. The van der Waals surface area contributed by atoms with Crippen LogP contribution in [-0.4, -0.2) is 28.6 Å². The Morgan fingerprint density at radius 3 is 2.82 bits per heavy atom. The van der Waals surface area contributed by atoms with Crippen LogP contribution in [-0.2, 0) is 0 Å². The lowest BCUT2D eigenvalue weighted by Crippen LogP contribution is -2.04. The Morgan fingerprint density at radius 1 is 1.29 bits per heavy atom. The van der Waals surface area contributed by atoms with Crippen molar-refractivity contribution >= 4 is 5.82 Å². The molecular formula is C12H14N4O. The fraction of sp³-hybridized carbons (Fsp3) is 0.250. The Hall–Kier alpha value is -2.17. The molecule has 1 N–H and O–H groups in total. The Balaban J connectivity index is 2.40. The number of hydrogen-bond acceptors (Lipinski definition) is 5. The number of nitrogens with zero attached hydrogens (tertiary/aromatic N) is 3. The van der Waals surface area contributed by atoms with Crippen LogP contribution in [0.1, 0.15) is 6.92 Å². The van der Waals surface area contributed by atoms with E-state index in [-0.39, 0.29) is 0 Å². The molecule has 0 spiro atoms. The number of aromatic nitrogens is 3. The van der Waals surface area contributed by atoms with Gasteiger partial charge in [0, 0.05) is 12.7 Å². The fourth-order valence-electron chi connectivity index (χ4n) is 1.43. The molecule has 0 radical (unpaired) electrons. The molecule has 0 atom stereocenters. The molecule has 0 aliphatic carbocycles. The summed E-state index contributed by atoms with van der Waals surface area (Å²) in [4.78, 5) is 12.8. The quantitative estimate of drug-likeness (QED) is 0.870. The van der Waals surface area contributed by atoms with Gasteiger partial charge in [-0.2, -0.15) is 0 Å². The molecule has 0 unspecified atom stereocenters. The van der Waals surface area contributed by atoms with E-state index in [2.05, 4.69) is 20.3 Å². The third-order valence-electron chi connectivity index (χ3n) is 2.21. The average molecular weight is 230 g/mol. The first-order valence-corrected chi connectivity index (χ1v) is 5.41. The van der Waals surface area contributed by atoms with Crippen molar-refractivity contribution < 1.29 is 4.74 Å². The van der Waals surface area contributed by atoms with E-state index in [1.807, 2.05) is 25.1 Å². The van der Waals surface area contributed by atoms with E-state index in [1.165, 1.54) is 0 Å². The van der Waals surface area contributed by atoms with Crippen LogP contribution >= 0.6 is 0 Å². The first kappa shape index (κ1) is 11.3. The summed E-state index contributed by atoms with van der Waals surface area (Å²) < 4.78 is 5.18. The van der Waals surface area contributed by atoms with Crippen molar-refractivity contribution in [2.75, 3.05) is 19.0 Å². The summed E-state index contributed by atoms with van der Waals surface area (Å²) in [5, 5.41) is 3.13. The average Bonchev–Trinajstić information content (AvgIpc) is 2.40. The normalized spacial score (nSPS) is 10.0. The zero-order chi connectivity index (χ0) is 12.1. The summed E-state index contributed by atoms with van der Waals surface area (Å²) in [7, 11) is 1.60. The lowest BCUT2D eigenvalue weighted by molar-refractivity contribution is 0.413. The van der Waals surface area contributed by atoms with Gasteiger partial charge in [-0.15, -0.1) is 0 Å². The number of methoxy groups -OCH3 is 1. The third kappa shape index (κ3) is 2.50. The van der Waals surface area contributed by atoms with Crippen molar-refractivity contribution in [3.8, 4) is 17.3 Å². The molecule has 0 saturated heterocycles. The van der Waals surface area contributed by atoms with E-state index in [9.17, 15) is 0 Å². The molecule has 88 valence electrons. The van der Waals surface area contributed by atoms with Crippen molar-refractivity contribution in [3.63, 3.8) is 0 Å². The minimum atomic E-state index is 0.586. The standard InChI is InChI=1S/C12H14N4O/c1-3-13-12-10(17-2)8-15-11(16-12)9-6-4-5-7-14-9/h4-8H,3H2,1-2H3,(H,13,15,16). The summed E-state index contributed by atoms with van der Waals surface area (Å²) in [5.41, 5.74) is 0.745. The summed E-state index contributed by atoms with van der Waals surface area (Å²) >= 11 is 0. The largest absolute Gasteiger partial charge is 0.491 e. The van der Waals surface area contributed by atoms with Crippen molar-refractivity contribution in [3.05, 3.63) is 30.6 Å². The highest BCUT2D eigenvalue weighted by Crippen LogP contribution is 2.23. The molecule has 2 aromatic rings. The molecule has 0 bridgehead atoms. The van der Waals surface area contributed by atoms with Crippen LogP contribution in [0.3, 0.4) is 0 Å². The number of rotatable bonds is 4. The van der Waals surface area contributed by atoms with Gasteiger partial charge in [0.15, 0.2) is 17.4 Å². The van der Waals surface area contributed by atoms with Gasteiger partial charge in [-0.3, -0.25) is 4.98 Å². The Bertz CT molecular complexity index is 487. The van der Waals surface area contributed by atoms with Crippen LogP contribution in [0.15, 0.2) is 30.6 Å². The predicted octanol–water partition coefficient (Wildman–Crippen LogP) is 1.98. The van der Waals surface area contributed by atoms with E-state index < -0.39 is 0 Å². The van der Waals surface area contributed by atoms with Gasteiger partial charge in [0.25, 0.3) is 0 Å². The van der Waals surface area contributed by atoms with Crippen LogP contribution in [0.25, 0.3) is 11.5 Å². The molecule has 5 nitrogen and oxygen atoms in total. The molecular weight excluding hydrogens is 216 g/mol. The van der Waals surface area contributed by atoms with Crippen LogP contribution in [0.4, 0.5) is 5.82 Å². The van der Waals surface area contributed by atoms with Crippen molar-refractivity contribution in [1.82, 2.24) is 15.0 Å². The maximum Gasteiger partial charge on any atom is 0.180 e. The third-order valence-corrected chi connectivity index (χ3v) is 2.21. The molecule has 0 aliphatic heterocycles. The second kappa shape index (κ2) is 5.25.